The van der Waals surface area contributed by atoms with Gasteiger partial charge in [-0.1, -0.05) is 6.07 Å². The predicted molar refractivity (Wildman–Crippen MR) is 126 cm³/mol. The SMILES string of the molecule is CCNC(=NCc1ccc(OC(C)(C)C)cc1C(F)(F)F)NCCNC(=O)C1CC1.I. The van der Waals surface area contributed by atoms with Gasteiger partial charge in [0.1, 0.15) is 11.4 Å². The van der Waals surface area contributed by atoms with E-state index in [0.717, 1.165) is 18.9 Å². The fraction of sp³-hybridized carbons (Fsp3) is 0.619. The summed E-state index contributed by atoms with van der Waals surface area (Å²) in [5.41, 5.74) is -1.30. The molecule has 0 radical (unpaired) electrons. The van der Waals surface area contributed by atoms with Crippen molar-refractivity contribution in [3.63, 3.8) is 0 Å². The number of rotatable bonds is 8. The number of benzene rings is 1. The first-order valence-electron chi connectivity index (χ1n) is 10.2. The number of carbonyl (C=O) groups excluding carboxylic acids is 1. The third-order valence-electron chi connectivity index (χ3n) is 4.23. The molecule has 0 aromatic heterocycles. The number of guanidine groups is 1. The van der Waals surface area contributed by atoms with Crippen LogP contribution in [0.25, 0.3) is 0 Å². The molecule has 1 aromatic rings. The Balaban J connectivity index is 0.00000480. The normalized spacial score (nSPS) is 14.5. The van der Waals surface area contributed by atoms with Gasteiger partial charge in [0.05, 0.1) is 12.1 Å². The standard InChI is InChI=1S/C21H31F3N4O2.HI/c1-5-25-19(27-11-10-26-18(29)14-6-7-14)28-13-15-8-9-16(30-20(2,3)4)12-17(15)21(22,23)24;/h8-9,12,14H,5-7,10-11,13H2,1-4H3,(H,26,29)(H2,25,27,28);1H. The van der Waals surface area contributed by atoms with E-state index in [1.807, 2.05) is 6.92 Å². The van der Waals surface area contributed by atoms with Gasteiger partial charge in [-0.25, -0.2) is 4.99 Å². The number of halogens is 4. The van der Waals surface area contributed by atoms with E-state index >= 15 is 0 Å². The van der Waals surface area contributed by atoms with Crippen LogP contribution < -0.4 is 20.7 Å². The number of hydrogen-bond donors (Lipinski definition) is 3. The molecule has 0 atom stereocenters. The Bertz CT molecular complexity index is 760. The van der Waals surface area contributed by atoms with Crippen molar-refractivity contribution in [2.24, 2.45) is 10.9 Å². The van der Waals surface area contributed by atoms with Gasteiger partial charge < -0.3 is 20.7 Å². The maximum atomic E-state index is 13.6. The minimum absolute atomic E-state index is 0. The molecule has 1 amide bonds. The van der Waals surface area contributed by atoms with Crippen molar-refractivity contribution in [2.75, 3.05) is 19.6 Å². The quantitative estimate of drug-likeness (QED) is 0.195. The number of alkyl halides is 3. The molecule has 0 aliphatic heterocycles. The summed E-state index contributed by atoms with van der Waals surface area (Å²) in [7, 11) is 0. The molecule has 10 heteroatoms. The first kappa shape index (κ1) is 27.3. The van der Waals surface area contributed by atoms with Gasteiger partial charge in [0.25, 0.3) is 0 Å². The molecular weight excluding hydrogens is 524 g/mol. The van der Waals surface area contributed by atoms with Crippen LogP contribution in [0.5, 0.6) is 5.75 Å². The zero-order valence-electron chi connectivity index (χ0n) is 18.4. The highest BCUT2D eigenvalue weighted by Gasteiger charge is 2.34. The van der Waals surface area contributed by atoms with Crippen LogP contribution in [0.4, 0.5) is 13.2 Å². The molecule has 1 fully saturated rings. The van der Waals surface area contributed by atoms with E-state index in [-0.39, 0.29) is 53.7 Å². The first-order valence-corrected chi connectivity index (χ1v) is 10.2. The van der Waals surface area contributed by atoms with Crippen LogP contribution in [0, 0.1) is 5.92 Å². The predicted octanol–water partition coefficient (Wildman–Crippen LogP) is 4.08. The zero-order chi connectivity index (χ0) is 22.4. The number of aliphatic imine (C=N–C) groups is 1. The number of ether oxygens (including phenoxy) is 1. The number of amides is 1. The van der Waals surface area contributed by atoms with Crippen molar-refractivity contribution in [1.82, 2.24) is 16.0 Å². The zero-order valence-corrected chi connectivity index (χ0v) is 20.7. The van der Waals surface area contributed by atoms with Crippen LogP contribution in [0.15, 0.2) is 23.2 Å². The summed E-state index contributed by atoms with van der Waals surface area (Å²) < 4.78 is 46.2. The smallest absolute Gasteiger partial charge is 0.416 e. The van der Waals surface area contributed by atoms with Crippen LogP contribution in [0.1, 0.15) is 51.7 Å². The largest absolute Gasteiger partial charge is 0.488 e. The average Bonchev–Trinajstić information content (AvgIpc) is 3.46. The fourth-order valence-corrected chi connectivity index (χ4v) is 2.74. The Hall–Kier alpha value is -1.72. The summed E-state index contributed by atoms with van der Waals surface area (Å²) in [6.45, 7) is 8.46. The third kappa shape index (κ3) is 9.96. The Morgan fingerprint density at radius 1 is 1.13 bits per heavy atom. The molecule has 31 heavy (non-hydrogen) atoms. The molecule has 1 aromatic carbocycles. The van der Waals surface area contributed by atoms with Crippen molar-refractivity contribution in [3.05, 3.63) is 29.3 Å². The number of carbonyl (C=O) groups is 1. The molecule has 0 heterocycles. The fourth-order valence-electron chi connectivity index (χ4n) is 2.74. The summed E-state index contributed by atoms with van der Waals surface area (Å²) >= 11 is 0. The van der Waals surface area contributed by atoms with Crippen molar-refractivity contribution < 1.29 is 22.7 Å². The maximum absolute atomic E-state index is 13.6. The molecule has 0 spiro atoms. The Morgan fingerprint density at radius 2 is 1.77 bits per heavy atom. The van der Waals surface area contributed by atoms with E-state index in [2.05, 4.69) is 20.9 Å². The second-order valence-corrected chi connectivity index (χ2v) is 8.22. The summed E-state index contributed by atoms with van der Waals surface area (Å²) in [5, 5.41) is 8.84. The maximum Gasteiger partial charge on any atom is 0.416 e. The summed E-state index contributed by atoms with van der Waals surface area (Å²) in [6, 6.07) is 3.94. The number of nitrogens with zero attached hydrogens (tertiary/aromatic N) is 1. The van der Waals surface area contributed by atoms with Crippen LogP contribution in [-0.4, -0.2) is 37.1 Å². The van der Waals surface area contributed by atoms with Gasteiger partial charge >= 0.3 is 6.18 Å². The van der Waals surface area contributed by atoms with E-state index in [9.17, 15) is 18.0 Å². The number of nitrogens with one attached hydrogen (secondary N) is 3. The Labute approximate surface area is 198 Å². The molecule has 0 unspecified atom stereocenters. The molecule has 3 N–H and O–H groups in total. The van der Waals surface area contributed by atoms with Gasteiger partial charge in [-0.3, -0.25) is 4.79 Å². The summed E-state index contributed by atoms with van der Waals surface area (Å²) in [5.74, 6) is 0.740. The van der Waals surface area contributed by atoms with Crippen LogP contribution in [0.3, 0.4) is 0 Å². The molecule has 1 aliphatic carbocycles. The first-order chi connectivity index (χ1) is 14.0. The molecule has 6 nitrogen and oxygen atoms in total. The second-order valence-electron chi connectivity index (χ2n) is 8.22. The topological polar surface area (TPSA) is 74.8 Å². The second kappa shape index (κ2) is 11.8. The third-order valence-corrected chi connectivity index (χ3v) is 4.23. The molecule has 1 aliphatic rings. The number of hydrogen-bond acceptors (Lipinski definition) is 3. The van der Waals surface area contributed by atoms with Gasteiger partial charge in [-0.05, 0) is 58.2 Å². The van der Waals surface area contributed by atoms with Crippen LogP contribution in [0.2, 0.25) is 0 Å². The van der Waals surface area contributed by atoms with Gasteiger partial charge in [-0.2, -0.15) is 13.2 Å². The lowest BCUT2D eigenvalue weighted by Gasteiger charge is -2.22. The lowest BCUT2D eigenvalue weighted by molar-refractivity contribution is -0.138. The summed E-state index contributed by atoms with van der Waals surface area (Å²) in [4.78, 5) is 15.9. The van der Waals surface area contributed by atoms with Gasteiger partial charge in [-0.15, -0.1) is 24.0 Å². The van der Waals surface area contributed by atoms with E-state index in [1.54, 1.807) is 20.8 Å². The van der Waals surface area contributed by atoms with Crippen molar-refractivity contribution in [1.29, 1.82) is 0 Å². The minimum Gasteiger partial charge on any atom is -0.488 e. The highest BCUT2D eigenvalue weighted by molar-refractivity contribution is 14.0. The molecule has 1 saturated carbocycles. The highest BCUT2D eigenvalue weighted by atomic mass is 127. The summed E-state index contributed by atoms with van der Waals surface area (Å²) in [6.07, 6.45) is -2.64. The average molecular weight is 556 g/mol. The van der Waals surface area contributed by atoms with Crippen LogP contribution in [-0.2, 0) is 17.5 Å². The van der Waals surface area contributed by atoms with E-state index in [1.165, 1.54) is 12.1 Å². The molecular formula is C21H32F3IN4O2. The Morgan fingerprint density at radius 3 is 2.32 bits per heavy atom. The van der Waals surface area contributed by atoms with E-state index < -0.39 is 17.3 Å². The van der Waals surface area contributed by atoms with Crippen molar-refractivity contribution in [2.45, 2.75) is 58.9 Å². The van der Waals surface area contributed by atoms with Crippen LogP contribution >= 0.6 is 24.0 Å². The molecule has 0 saturated heterocycles. The lowest BCUT2D eigenvalue weighted by Crippen LogP contribution is -2.41. The van der Waals surface area contributed by atoms with Crippen molar-refractivity contribution in [3.8, 4) is 5.75 Å². The van der Waals surface area contributed by atoms with Crippen molar-refractivity contribution >= 4 is 35.8 Å². The highest BCUT2D eigenvalue weighted by Crippen LogP contribution is 2.35. The van der Waals surface area contributed by atoms with E-state index in [4.69, 9.17) is 4.74 Å². The molecule has 2 rings (SSSR count). The van der Waals surface area contributed by atoms with Gasteiger partial charge in [0.15, 0.2) is 5.96 Å². The van der Waals surface area contributed by atoms with Gasteiger partial charge in [0.2, 0.25) is 5.91 Å². The molecule has 0 bridgehead atoms. The molecule has 176 valence electrons. The Kier molecular flexibility index (Phi) is 10.4. The monoisotopic (exact) mass is 556 g/mol. The minimum atomic E-state index is -4.51. The lowest BCUT2D eigenvalue weighted by atomic mass is 10.1. The van der Waals surface area contributed by atoms with E-state index in [0.29, 0.717) is 25.6 Å². The van der Waals surface area contributed by atoms with Gasteiger partial charge in [0, 0.05) is 25.6 Å².